The fourth-order valence-electron chi connectivity index (χ4n) is 1.48. The van der Waals surface area contributed by atoms with Crippen molar-refractivity contribution in [1.29, 1.82) is 0 Å². The van der Waals surface area contributed by atoms with E-state index in [1.165, 1.54) is 31.4 Å². The van der Waals surface area contributed by atoms with E-state index in [0.717, 1.165) is 7.11 Å². The maximum Gasteiger partial charge on any atom is 0.342 e. The zero-order valence-electron chi connectivity index (χ0n) is 11.2. The topological polar surface area (TPSA) is 123 Å². The summed E-state index contributed by atoms with van der Waals surface area (Å²) in [5.41, 5.74) is -0.0365. The molecule has 0 aromatic heterocycles. The minimum absolute atomic E-state index is 0.00990. The van der Waals surface area contributed by atoms with Crippen molar-refractivity contribution in [2.45, 2.75) is 6.04 Å². The first-order chi connectivity index (χ1) is 9.96. The molecule has 0 spiro atoms. The van der Waals surface area contributed by atoms with Gasteiger partial charge in [-0.15, -0.1) is 4.91 Å². The summed E-state index contributed by atoms with van der Waals surface area (Å²) in [6, 6.07) is 3.32. The van der Waals surface area contributed by atoms with E-state index in [1.54, 1.807) is 0 Å². The first-order valence-electron chi connectivity index (χ1n) is 5.57. The third-order valence-electron chi connectivity index (χ3n) is 2.54. The van der Waals surface area contributed by atoms with Gasteiger partial charge in [-0.1, -0.05) is 0 Å². The molecule has 0 heterocycles. The summed E-state index contributed by atoms with van der Waals surface area (Å²) in [5, 5.41) is 11.3. The van der Waals surface area contributed by atoms with E-state index in [2.05, 4.69) is 10.0 Å². The van der Waals surface area contributed by atoms with Gasteiger partial charge in [-0.25, -0.2) is 9.59 Å². The summed E-state index contributed by atoms with van der Waals surface area (Å²) in [7, 11) is 2.35. The van der Waals surface area contributed by atoms with Crippen molar-refractivity contribution < 1.29 is 29.0 Å². The Kier molecular flexibility index (Phi) is 5.35. The highest BCUT2D eigenvalue weighted by molar-refractivity contribution is 6.04. The van der Waals surface area contributed by atoms with Crippen molar-refractivity contribution in [3.63, 3.8) is 0 Å². The van der Waals surface area contributed by atoms with E-state index in [9.17, 15) is 19.3 Å². The highest BCUT2D eigenvalue weighted by Gasteiger charge is 2.39. The highest BCUT2D eigenvalue weighted by Crippen LogP contribution is 2.15. The third-order valence-corrected chi connectivity index (χ3v) is 2.54. The molecule has 9 nitrogen and oxygen atoms in total. The van der Waals surface area contributed by atoms with Gasteiger partial charge in [-0.05, 0) is 24.3 Å². The van der Waals surface area contributed by atoms with E-state index in [1.807, 2.05) is 0 Å². The monoisotopic (exact) mass is 296 g/mol. The number of amides is 1. The van der Waals surface area contributed by atoms with Gasteiger partial charge in [-0.2, -0.15) is 5.01 Å². The number of nitroso groups, excluding NO2 is 1. The predicted octanol–water partition coefficient (Wildman–Crippen LogP) is 0.445. The molecule has 1 aromatic rings. The van der Waals surface area contributed by atoms with Crippen LogP contribution < -0.4 is 4.74 Å². The smallest absolute Gasteiger partial charge is 0.342 e. The summed E-state index contributed by atoms with van der Waals surface area (Å²) < 4.78 is 9.15. The van der Waals surface area contributed by atoms with Crippen LogP contribution in [0.5, 0.6) is 5.75 Å². The number of esters is 1. The van der Waals surface area contributed by atoms with Crippen LogP contribution >= 0.6 is 0 Å². The van der Waals surface area contributed by atoms with Crippen LogP contribution in [0.3, 0.4) is 0 Å². The molecule has 0 aliphatic carbocycles. The van der Waals surface area contributed by atoms with Crippen LogP contribution in [-0.2, 0) is 14.3 Å². The van der Waals surface area contributed by atoms with E-state index in [0.29, 0.717) is 5.75 Å². The molecule has 0 bridgehead atoms. The molecule has 1 unspecified atom stereocenters. The lowest BCUT2D eigenvalue weighted by atomic mass is 10.1. The van der Waals surface area contributed by atoms with Crippen LogP contribution in [0.2, 0.25) is 0 Å². The molecule has 1 atom stereocenters. The molecule has 9 heteroatoms. The molecule has 0 fully saturated rings. The van der Waals surface area contributed by atoms with E-state index in [-0.39, 0.29) is 10.6 Å². The van der Waals surface area contributed by atoms with Crippen molar-refractivity contribution >= 4 is 17.8 Å². The Morgan fingerprint density at radius 3 is 2.14 bits per heavy atom. The molecule has 1 rings (SSSR count). The molecule has 112 valence electrons. The molecule has 21 heavy (non-hydrogen) atoms. The number of rotatable bonds is 6. The van der Waals surface area contributed by atoms with Crippen LogP contribution in [-0.4, -0.2) is 48.2 Å². The van der Waals surface area contributed by atoms with Crippen LogP contribution in [0.1, 0.15) is 10.4 Å². The number of methoxy groups -OCH3 is 2. The van der Waals surface area contributed by atoms with Gasteiger partial charge in [-0.3, -0.25) is 4.79 Å². The number of carbonyl (C=O) groups excluding carboxylic acids is 2. The highest BCUT2D eigenvalue weighted by atomic mass is 16.5. The molecule has 0 radical (unpaired) electrons. The van der Waals surface area contributed by atoms with Gasteiger partial charge >= 0.3 is 11.9 Å². The van der Waals surface area contributed by atoms with E-state index < -0.39 is 23.9 Å². The standard InChI is InChI=1S/C12H12N2O7/c1-20-8-5-3-7(4-6-8)10(15)14(13-19)9(11(16)17)12(18)21-2/h3-6,9H,1-2H3,(H,16,17). The number of carbonyl (C=O) groups is 3. The molecule has 1 amide bonds. The minimum Gasteiger partial charge on any atom is -0.497 e. The van der Waals surface area contributed by atoms with Crippen LogP contribution in [0.4, 0.5) is 0 Å². The van der Waals surface area contributed by atoms with Crippen molar-refractivity contribution in [3.05, 3.63) is 34.7 Å². The lowest BCUT2D eigenvalue weighted by molar-refractivity contribution is -0.157. The van der Waals surface area contributed by atoms with Gasteiger partial charge in [0.25, 0.3) is 11.9 Å². The summed E-state index contributed by atoms with van der Waals surface area (Å²) >= 11 is 0. The lowest BCUT2D eigenvalue weighted by Gasteiger charge is -2.19. The summed E-state index contributed by atoms with van der Waals surface area (Å²) in [4.78, 5) is 45.2. The van der Waals surface area contributed by atoms with Crippen LogP contribution in [0.15, 0.2) is 29.6 Å². The quantitative estimate of drug-likeness (QED) is 0.350. The molecule has 0 saturated carbocycles. The third kappa shape index (κ3) is 3.53. The van der Waals surface area contributed by atoms with Crippen LogP contribution in [0, 0.1) is 4.91 Å². The van der Waals surface area contributed by atoms with E-state index in [4.69, 9.17) is 9.84 Å². The molecule has 0 saturated heterocycles. The second kappa shape index (κ2) is 6.98. The molecular formula is C12H12N2O7. The molecule has 0 aliphatic heterocycles. The molecule has 1 N–H and O–H groups in total. The number of carboxylic acids is 1. The number of aliphatic carboxylic acids is 1. The Morgan fingerprint density at radius 1 is 1.19 bits per heavy atom. The Bertz CT molecular complexity index is 555. The second-order valence-corrected chi connectivity index (χ2v) is 3.72. The number of nitrogens with zero attached hydrogens (tertiary/aromatic N) is 2. The normalized spacial score (nSPS) is 11.1. The summed E-state index contributed by atoms with van der Waals surface area (Å²) in [6.07, 6.45) is 0. The average Bonchev–Trinajstić information content (AvgIpc) is 2.50. The van der Waals surface area contributed by atoms with Gasteiger partial charge in [0.05, 0.1) is 19.5 Å². The fourth-order valence-corrected chi connectivity index (χ4v) is 1.48. The van der Waals surface area contributed by atoms with Gasteiger partial charge < -0.3 is 14.6 Å². The number of hydrogen-bond donors (Lipinski definition) is 1. The zero-order chi connectivity index (χ0) is 16.0. The van der Waals surface area contributed by atoms with Crippen molar-refractivity contribution in [1.82, 2.24) is 5.01 Å². The number of hydrogen-bond acceptors (Lipinski definition) is 7. The van der Waals surface area contributed by atoms with Gasteiger partial charge in [0.2, 0.25) is 0 Å². The first kappa shape index (κ1) is 16.1. The average molecular weight is 296 g/mol. The fraction of sp³-hybridized carbons (Fsp3) is 0.250. The maximum absolute atomic E-state index is 12.1. The lowest BCUT2D eigenvalue weighted by Crippen LogP contribution is -2.47. The molecular weight excluding hydrogens is 284 g/mol. The number of carboxylic acid groups (broad SMARTS) is 1. The Labute approximate surface area is 119 Å². The van der Waals surface area contributed by atoms with Crippen molar-refractivity contribution in [2.75, 3.05) is 14.2 Å². The van der Waals surface area contributed by atoms with Gasteiger partial charge in [0.1, 0.15) is 5.75 Å². The van der Waals surface area contributed by atoms with Crippen molar-refractivity contribution in [3.8, 4) is 5.75 Å². The van der Waals surface area contributed by atoms with Gasteiger partial charge in [0.15, 0.2) is 0 Å². The largest absolute Gasteiger partial charge is 0.497 e. The molecule has 1 aromatic carbocycles. The minimum atomic E-state index is -2.15. The second-order valence-electron chi connectivity index (χ2n) is 3.72. The Hall–Kier alpha value is -2.97. The summed E-state index contributed by atoms with van der Waals surface area (Å²) in [5.74, 6) is -3.61. The molecule has 0 aliphatic rings. The Balaban J connectivity index is 3.11. The van der Waals surface area contributed by atoms with Crippen molar-refractivity contribution in [2.24, 2.45) is 5.29 Å². The predicted molar refractivity (Wildman–Crippen MR) is 68.4 cm³/mol. The van der Waals surface area contributed by atoms with Crippen LogP contribution in [0.25, 0.3) is 0 Å². The SMILES string of the molecule is COC(=O)C(C(=O)O)N(N=O)C(=O)c1ccc(OC)cc1. The number of ether oxygens (including phenoxy) is 2. The number of benzene rings is 1. The van der Waals surface area contributed by atoms with Gasteiger partial charge in [0, 0.05) is 5.56 Å². The Morgan fingerprint density at radius 2 is 1.76 bits per heavy atom. The first-order valence-corrected chi connectivity index (χ1v) is 5.57. The maximum atomic E-state index is 12.1. The van der Waals surface area contributed by atoms with E-state index >= 15 is 0 Å². The summed E-state index contributed by atoms with van der Waals surface area (Å²) in [6.45, 7) is 0. The zero-order valence-corrected chi connectivity index (χ0v) is 11.2.